The van der Waals surface area contributed by atoms with E-state index in [1.165, 1.54) is 0 Å². The standard InChI is InChI=1S/C16H14BrClO2/c17-11-6-5-10(14(18)8-11)7-15(19)13-9-20-16-4-2-1-3-12(13)16/h1-6,8,13,15,19H,7,9H2. The number of hydrogen-bond donors (Lipinski definition) is 1. The van der Waals surface area contributed by atoms with E-state index < -0.39 is 6.10 Å². The molecule has 0 saturated carbocycles. The quantitative estimate of drug-likeness (QED) is 0.897. The molecule has 1 aliphatic heterocycles. The lowest BCUT2D eigenvalue weighted by molar-refractivity contribution is 0.129. The van der Waals surface area contributed by atoms with Crippen LogP contribution in [0.4, 0.5) is 0 Å². The van der Waals surface area contributed by atoms with Crippen LogP contribution in [0.3, 0.4) is 0 Å². The lowest BCUT2D eigenvalue weighted by Gasteiger charge is -2.18. The van der Waals surface area contributed by atoms with Gasteiger partial charge in [0.2, 0.25) is 0 Å². The second kappa shape index (κ2) is 5.76. The van der Waals surface area contributed by atoms with Crippen LogP contribution in [0.1, 0.15) is 17.0 Å². The molecule has 0 aromatic heterocycles. The van der Waals surface area contributed by atoms with E-state index in [0.29, 0.717) is 18.1 Å². The van der Waals surface area contributed by atoms with Gasteiger partial charge in [-0.15, -0.1) is 0 Å². The Hall–Kier alpha value is -1.03. The first-order valence-corrected chi connectivity index (χ1v) is 7.66. The molecule has 2 atom stereocenters. The van der Waals surface area contributed by atoms with E-state index in [0.717, 1.165) is 21.3 Å². The first-order chi connectivity index (χ1) is 9.65. The molecule has 4 heteroatoms. The fraction of sp³-hybridized carbons (Fsp3) is 0.250. The Labute approximate surface area is 131 Å². The Kier molecular flexibility index (Phi) is 4.01. The number of para-hydroxylation sites is 1. The largest absolute Gasteiger partial charge is 0.493 e. The summed E-state index contributed by atoms with van der Waals surface area (Å²) in [7, 11) is 0. The number of hydrogen-bond acceptors (Lipinski definition) is 2. The molecular weight excluding hydrogens is 340 g/mol. The molecule has 3 rings (SSSR count). The van der Waals surface area contributed by atoms with Crippen molar-refractivity contribution in [1.29, 1.82) is 0 Å². The number of halogens is 2. The maximum atomic E-state index is 10.5. The smallest absolute Gasteiger partial charge is 0.123 e. The molecule has 2 aromatic carbocycles. The first kappa shape index (κ1) is 13.9. The average Bonchev–Trinajstić information content (AvgIpc) is 2.86. The van der Waals surface area contributed by atoms with Crippen molar-refractivity contribution >= 4 is 27.5 Å². The van der Waals surface area contributed by atoms with Crippen LogP contribution in [0, 0.1) is 0 Å². The summed E-state index contributed by atoms with van der Waals surface area (Å²) in [5.41, 5.74) is 2.03. The third-order valence-electron chi connectivity index (χ3n) is 3.65. The van der Waals surface area contributed by atoms with Gasteiger partial charge in [-0.25, -0.2) is 0 Å². The van der Waals surface area contributed by atoms with Crippen LogP contribution in [-0.4, -0.2) is 17.8 Å². The summed E-state index contributed by atoms with van der Waals surface area (Å²) in [6.45, 7) is 0.522. The van der Waals surface area contributed by atoms with Gasteiger partial charge >= 0.3 is 0 Å². The molecule has 0 bridgehead atoms. The van der Waals surface area contributed by atoms with Crippen LogP contribution in [-0.2, 0) is 6.42 Å². The molecule has 0 spiro atoms. The minimum atomic E-state index is -0.502. The number of ether oxygens (including phenoxy) is 1. The molecule has 2 unspecified atom stereocenters. The average molecular weight is 354 g/mol. The Morgan fingerprint density at radius 3 is 2.90 bits per heavy atom. The zero-order valence-electron chi connectivity index (χ0n) is 10.7. The van der Waals surface area contributed by atoms with Gasteiger partial charge in [-0.05, 0) is 23.8 Å². The number of fused-ring (bicyclic) bond motifs is 1. The second-order valence-corrected chi connectivity index (χ2v) is 6.29. The molecule has 104 valence electrons. The van der Waals surface area contributed by atoms with Crippen molar-refractivity contribution in [2.24, 2.45) is 0 Å². The van der Waals surface area contributed by atoms with E-state index >= 15 is 0 Å². The molecule has 1 N–H and O–H groups in total. The van der Waals surface area contributed by atoms with Crippen molar-refractivity contribution in [3.63, 3.8) is 0 Å². The molecule has 2 aromatic rings. The lowest BCUT2D eigenvalue weighted by atomic mass is 9.91. The van der Waals surface area contributed by atoms with Gasteiger partial charge in [-0.2, -0.15) is 0 Å². The van der Waals surface area contributed by atoms with Crippen molar-refractivity contribution in [2.75, 3.05) is 6.61 Å². The van der Waals surface area contributed by atoms with E-state index in [2.05, 4.69) is 15.9 Å². The van der Waals surface area contributed by atoms with Gasteiger partial charge < -0.3 is 9.84 Å². The zero-order valence-corrected chi connectivity index (χ0v) is 13.1. The highest BCUT2D eigenvalue weighted by atomic mass is 79.9. The molecular formula is C16H14BrClO2. The molecule has 0 radical (unpaired) electrons. The monoisotopic (exact) mass is 352 g/mol. The van der Waals surface area contributed by atoms with Gasteiger partial charge in [0.05, 0.1) is 12.7 Å². The summed E-state index contributed by atoms with van der Waals surface area (Å²) < 4.78 is 6.56. The topological polar surface area (TPSA) is 29.5 Å². The van der Waals surface area contributed by atoms with Gasteiger partial charge in [0.15, 0.2) is 0 Å². The zero-order chi connectivity index (χ0) is 14.1. The van der Waals surface area contributed by atoms with Crippen LogP contribution >= 0.6 is 27.5 Å². The van der Waals surface area contributed by atoms with E-state index in [1.807, 2.05) is 42.5 Å². The minimum Gasteiger partial charge on any atom is -0.493 e. The van der Waals surface area contributed by atoms with Gasteiger partial charge in [-0.3, -0.25) is 0 Å². The van der Waals surface area contributed by atoms with Crippen LogP contribution < -0.4 is 4.74 Å². The summed E-state index contributed by atoms with van der Waals surface area (Å²) in [6.07, 6.45) is 0.0198. The Balaban J connectivity index is 1.79. The Morgan fingerprint density at radius 1 is 1.30 bits per heavy atom. The van der Waals surface area contributed by atoms with Gasteiger partial charge in [0, 0.05) is 27.4 Å². The summed E-state index contributed by atoms with van der Waals surface area (Å²) in [5.74, 6) is 0.879. The van der Waals surface area contributed by atoms with E-state index in [-0.39, 0.29) is 5.92 Å². The van der Waals surface area contributed by atoms with E-state index in [9.17, 15) is 5.11 Å². The maximum absolute atomic E-state index is 10.5. The van der Waals surface area contributed by atoms with Crippen LogP contribution in [0.2, 0.25) is 5.02 Å². The van der Waals surface area contributed by atoms with Crippen LogP contribution in [0.15, 0.2) is 46.9 Å². The van der Waals surface area contributed by atoms with Crippen molar-refractivity contribution in [2.45, 2.75) is 18.4 Å². The SMILES string of the molecule is OC(Cc1ccc(Br)cc1Cl)C1COc2ccccc21. The second-order valence-electron chi connectivity index (χ2n) is 4.96. The Morgan fingerprint density at radius 2 is 2.10 bits per heavy atom. The van der Waals surface area contributed by atoms with E-state index in [4.69, 9.17) is 16.3 Å². The van der Waals surface area contributed by atoms with Gasteiger partial charge in [-0.1, -0.05) is 51.8 Å². The highest BCUT2D eigenvalue weighted by Crippen LogP contribution is 2.37. The molecule has 1 aliphatic rings. The highest BCUT2D eigenvalue weighted by molar-refractivity contribution is 9.10. The normalized spacial score (nSPS) is 18.4. The van der Waals surface area contributed by atoms with E-state index in [1.54, 1.807) is 0 Å². The van der Waals surface area contributed by atoms with Crippen molar-refractivity contribution < 1.29 is 9.84 Å². The molecule has 2 nitrogen and oxygen atoms in total. The van der Waals surface area contributed by atoms with Gasteiger partial charge in [0.1, 0.15) is 5.75 Å². The molecule has 0 aliphatic carbocycles. The fourth-order valence-electron chi connectivity index (χ4n) is 2.56. The first-order valence-electron chi connectivity index (χ1n) is 6.49. The number of rotatable bonds is 3. The molecule has 0 saturated heterocycles. The lowest BCUT2D eigenvalue weighted by Crippen LogP contribution is -2.22. The number of benzene rings is 2. The molecule has 0 fully saturated rings. The molecule has 1 heterocycles. The molecule has 20 heavy (non-hydrogen) atoms. The summed E-state index contributed by atoms with van der Waals surface area (Å²) >= 11 is 9.59. The van der Waals surface area contributed by atoms with Crippen LogP contribution in [0.25, 0.3) is 0 Å². The van der Waals surface area contributed by atoms with Crippen molar-refractivity contribution in [3.8, 4) is 5.75 Å². The van der Waals surface area contributed by atoms with Crippen molar-refractivity contribution in [1.82, 2.24) is 0 Å². The van der Waals surface area contributed by atoms with Gasteiger partial charge in [0.25, 0.3) is 0 Å². The van der Waals surface area contributed by atoms with Crippen molar-refractivity contribution in [3.05, 3.63) is 63.1 Å². The minimum absolute atomic E-state index is 0.00548. The molecule has 0 amide bonds. The third kappa shape index (κ3) is 2.71. The number of aliphatic hydroxyl groups is 1. The number of aliphatic hydroxyl groups excluding tert-OH is 1. The summed E-state index contributed by atoms with van der Waals surface area (Å²) in [4.78, 5) is 0. The summed E-state index contributed by atoms with van der Waals surface area (Å²) in [6, 6.07) is 13.6. The maximum Gasteiger partial charge on any atom is 0.123 e. The third-order valence-corrected chi connectivity index (χ3v) is 4.49. The summed E-state index contributed by atoms with van der Waals surface area (Å²) in [5, 5.41) is 11.2. The highest BCUT2D eigenvalue weighted by Gasteiger charge is 2.30. The predicted molar refractivity (Wildman–Crippen MR) is 83.5 cm³/mol. The fourth-order valence-corrected chi connectivity index (χ4v) is 3.31. The predicted octanol–water partition coefficient (Wildman–Crippen LogP) is 4.18. The Bertz CT molecular complexity index is 630. The van der Waals surface area contributed by atoms with Crippen LogP contribution in [0.5, 0.6) is 5.75 Å².